The van der Waals surface area contributed by atoms with E-state index in [2.05, 4.69) is 10.3 Å². The van der Waals surface area contributed by atoms with Crippen molar-refractivity contribution in [3.8, 4) is 5.75 Å². The number of rotatable bonds is 9. The van der Waals surface area contributed by atoms with Crippen LogP contribution in [0.25, 0.3) is 11.2 Å². The summed E-state index contributed by atoms with van der Waals surface area (Å²) < 4.78 is 21.1. The van der Waals surface area contributed by atoms with E-state index in [9.17, 15) is 9.18 Å². The van der Waals surface area contributed by atoms with Gasteiger partial charge in [-0.1, -0.05) is 43.0 Å². The number of aromatic nitrogens is 3. The van der Waals surface area contributed by atoms with Gasteiger partial charge in [0.05, 0.1) is 12.3 Å². The van der Waals surface area contributed by atoms with Gasteiger partial charge in [-0.15, -0.1) is 0 Å². The number of anilines is 1. The number of fused-ring (bicyclic) bond motifs is 1. The number of para-hydroxylation sites is 2. The van der Waals surface area contributed by atoms with Gasteiger partial charge < -0.3 is 10.1 Å². The fourth-order valence-electron chi connectivity index (χ4n) is 3.62. The number of imidazole rings is 1. The number of amides is 1. The highest BCUT2D eigenvalue weighted by atomic mass is 32.2. The Morgan fingerprint density at radius 1 is 1.15 bits per heavy atom. The minimum atomic E-state index is -0.533. The van der Waals surface area contributed by atoms with Crippen LogP contribution >= 0.6 is 11.8 Å². The highest BCUT2D eigenvalue weighted by Crippen LogP contribution is 2.32. The number of hydrogen-bond acceptors (Lipinski definition) is 5. The Morgan fingerprint density at radius 2 is 2.00 bits per heavy atom. The molecule has 4 aromatic rings. The normalized spacial score (nSPS) is 12.0. The molecule has 0 radical (unpaired) electrons. The molecule has 0 saturated heterocycles. The van der Waals surface area contributed by atoms with E-state index in [1.165, 1.54) is 23.9 Å². The molecule has 1 amide bonds. The molecule has 4 rings (SSSR count). The van der Waals surface area contributed by atoms with E-state index in [0.29, 0.717) is 46.5 Å². The van der Waals surface area contributed by atoms with Crippen molar-refractivity contribution in [3.63, 3.8) is 0 Å². The second kappa shape index (κ2) is 10.5. The number of pyridine rings is 1. The first-order valence-corrected chi connectivity index (χ1v) is 11.8. The summed E-state index contributed by atoms with van der Waals surface area (Å²) in [6.45, 7) is 4.36. The molecular formula is C25H25FN4O2S. The second-order valence-electron chi connectivity index (χ2n) is 7.37. The maximum Gasteiger partial charge on any atom is 0.247 e. The molecule has 2 aromatic carbocycles. The topological polar surface area (TPSA) is 69.0 Å². The van der Waals surface area contributed by atoms with Gasteiger partial charge in [0.2, 0.25) is 5.91 Å². The van der Waals surface area contributed by atoms with Crippen LogP contribution in [0.4, 0.5) is 10.1 Å². The third kappa shape index (κ3) is 5.17. The lowest BCUT2D eigenvalue weighted by Crippen LogP contribution is -2.26. The summed E-state index contributed by atoms with van der Waals surface area (Å²) in [7, 11) is 0. The van der Waals surface area contributed by atoms with E-state index in [1.807, 2.05) is 60.9 Å². The molecule has 0 spiro atoms. The first kappa shape index (κ1) is 22.8. The van der Waals surface area contributed by atoms with Gasteiger partial charge in [-0.3, -0.25) is 9.36 Å². The van der Waals surface area contributed by atoms with Crippen molar-refractivity contribution in [2.45, 2.75) is 37.2 Å². The van der Waals surface area contributed by atoms with Crippen LogP contribution in [-0.4, -0.2) is 27.0 Å². The zero-order valence-corrected chi connectivity index (χ0v) is 19.3. The standard InChI is InChI=1S/C25H25FN4O2S/c1-3-21(24(31)28-19-11-5-6-13-22(19)32-4-2)30-23-20(12-8-14-27-23)29-25(30)33-16-17-9-7-10-18(26)15-17/h5-15,21H,3-4,16H2,1-2H3,(H,28,31)/t21-/m0/s1. The predicted octanol–water partition coefficient (Wildman–Crippen LogP) is 5.85. The third-order valence-electron chi connectivity index (χ3n) is 5.12. The molecule has 0 aliphatic heterocycles. The summed E-state index contributed by atoms with van der Waals surface area (Å²) in [6.07, 6.45) is 2.23. The van der Waals surface area contributed by atoms with Crippen molar-refractivity contribution in [3.05, 3.63) is 78.2 Å². The Hall–Kier alpha value is -3.39. The molecule has 170 valence electrons. The smallest absolute Gasteiger partial charge is 0.247 e. The number of hydrogen-bond donors (Lipinski definition) is 1. The van der Waals surface area contributed by atoms with Crippen LogP contribution in [0.1, 0.15) is 31.9 Å². The quantitative estimate of drug-likeness (QED) is 0.315. The molecule has 0 bridgehead atoms. The second-order valence-corrected chi connectivity index (χ2v) is 8.31. The van der Waals surface area contributed by atoms with Crippen LogP contribution in [0.2, 0.25) is 0 Å². The molecule has 0 aliphatic carbocycles. The van der Waals surface area contributed by atoms with E-state index < -0.39 is 6.04 Å². The predicted molar refractivity (Wildman–Crippen MR) is 129 cm³/mol. The molecule has 0 aliphatic rings. The minimum absolute atomic E-state index is 0.179. The van der Waals surface area contributed by atoms with Gasteiger partial charge in [0.1, 0.15) is 23.1 Å². The Bertz CT molecular complexity index is 1260. The van der Waals surface area contributed by atoms with Crippen LogP contribution in [0, 0.1) is 5.82 Å². The Kier molecular flexibility index (Phi) is 7.24. The zero-order chi connectivity index (χ0) is 23.2. The molecule has 2 aromatic heterocycles. The summed E-state index contributed by atoms with van der Waals surface area (Å²) in [5.41, 5.74) is 2.81. The number of benzene rings is 2. The van der Waals surface area contributed by atoms with Crippen molar-refractivity contribution in [1.82, 2.24) is 14.5 Å². The van der Waals surface area contributed by atoms with E-state index >= 15 is 0 Å². The average molecular weight is 465 g/mol. The van der Waals surface area contributed by atoms with Crippen molar-refractivity contribution in [2.75, 3.05) is 11.9 Å². The molecule has 6 nitrogen and oxygen atoms in total. The number of thioether (sulfide) groups is 1. The van der Waals surface area contributed by atoms with Crippen LogP contribution < -0.4 is 10.1 Å². The average Bonchev–Trinajstić information content (AvgIpc) is 3.18. The van der Waals surface area contributed by atoms with Gasteiger partial charge in [-0.2, -0.15) is 0 Å². The lowest BCUT2D eigenvalue weighted by molar-refractivity contribution is -0.119. The van der Waals surface area contributed by atoms with Gasteiger partial charge in [0.25, 0.3) is 0 Å². The van der Waals surface area contributed by atoms with E-state index in [-0.39, 0.29) is 11.7 Å². The monoisotopic (exact) mass is 464 g/mol. The Morgan fingerprint density at radius 3 is 2.79 bits per heavy atom. The van der Waals surface area contributed by atoms with Crippen LogP contribution in [0.3, 0.4) is 0 Å². The summed E-state index contributed by atoms with van der Waals surface area (Å²) in [5, 5.41) is 3.67. The maximum atomic E-state index is 13.6. The van der Waals surface area contributed by atoms with Gasteiger partial charge in [0, 0.05) is 11.9 Å². The van der Waals surface area contributed by atoms with Gasteiger partial charge >= 0.3 is 0 Å². The van der Waals surface area contributed by atoms with Crippen LogP contribution in [0.15, 0.2) is 72.0 Å². The molecule has 0 saturated carbocycles. The molecule has 0 fully saturated rings. The number of nitrogens with one attached hydrogen (secondary N) is 1. The Labute approximate surface area is 196 Å². The van der Waals surface area contributed by atoms with Crippen molar-refractivity contribution in [1.29, 1.82) is 0 Å². The minimum Gasteiger partial charge on any atom is -0.492 e. The Balaban J connectivity index is 1.66. The van der Waals surface area contributed by atoms with Crippen molar-refractivity contribution < 1.29 is 13.9 Å². The number of halogens is 1. The van der Waals surface area contributed by atoms with E-state index in [4.69, 9.17) is 9.72 Å². The highest BCUT2D eigenvalue weighted by molar-refractivity contribution is 7.98. The first-order valence-electron chi connectivity index (χ1n) is 10.8. The molecule has 1 N–H and O–H groups in total. The van der Waals surface area contributed by atoms with E-state index in [0.717, 1.165) is 5.56 Å². The summed E-state index contributed by atoms with van der Waals surface area (Å²) in [4.78, 5) is 22.6. The van der Waals surface area contributed by atoms with Crippen LogP contribution in [-0.2, 0) is 10.5 Å². The fourth-order valence-corrected chi connectivity index (χ4v) is 4.61. The lowest BCUT2D eigenvalue weighted by Gasteiger charge is -2.20. The van der Waals surface area contributed by atoms with Gasteiger partial charge in [-0.05, 0) is 55.3 Å². The molecular weight excluding hydrogens is 439 g/mol. The highest BCUT2D eigenvalue weighted by Gasteiger charge is 2.26. The summed E-state index contributed by atoms with van der Waals surface area (Å²) in [6, 6.07) is 17.0. The van der Waals surface area contributed by atoms with Crippen LogP contribution in [0.5, 0.6) is 5.75 Å². The summed E-state index contributed by atoms with van der Waals surface area (Å²) >= 11 is 1.45. The molecule has 33 heavy (non-hydrogen) atoms. The van der Waals surface area contributed by atoms with Crippen molar-refractivity contribution in [2.24, 2.45) is 0 Å². The number of ether oxygens (including phenoxy) is 1. The van der Waals surface area contributed by atoms with E-state index in [1.54, 1.807) is 12.3 Å². The summed E-state index contributed by atoms with van der Waals surface area (Å²) in [5.74, 6) is 0.688. The zero-order valence-electron chi connectivity index (χ0n) is 18.5. The first-order chi connectivity index (χ1) is 16.1. The molecule has 8 heteroatoms. The van der Waals surface area contributed by atoms with Gasteiger partial charge in [-0.25, -0.2) is 14.4 Å². The third-order valence-corrected chi connectivity index (χ3v) is 6.14. The molecule has 1 atom stereocenters. The largest absolute Gasteiger partial charge is 0.492 e. The number of carbonyl (C=O) groups excluding carboxylic acids is 1. The molecule has 2 heterocycles. The lowest BCUT2D eigenvalue weighted by atomic mass is 10.2. The maximum absolute atomic E-state index is 13.6. The SMILES string of the molecule is CCOc1ccccc1NC(=O)[C@H](CC)n1c(SCc2cccc(F)c2)nc2cccnc21. The van der Waals surface area contributed by atoms with Crippen molar-refractivity contribution >= 4 is 34.5 Å². The number of carbonyl (C=O) groups is 1. The van der Waals surface area contributed by atoms with Gasteiger partial charge in [0.15, 0.2) is 10.8 Å². The molecule has 0 unspecified atom stereocenters. The fraction of sp³-hybridized carbons (Fsp3) is 0.240. The number of nitrogens with zero attached hydrogens (tertiary/aromatic N) is 3.